The molecular weight excluding hydrogens is 316 g/mol. The highest BCUT2D eigenvalue weighted by atomic mass is 16.5. The van der Waals surface area contributed by atoms with E-state index in [1.165, 1.54) is 0 Å². The number of benzene rings is 1. The van der Waals surface area contributed by atoms with Gasteiger partial charge in [0.05, 0.1) is 43.5 Å². The van der Waals surface area contributed by atoms with Crippen LogP contribution in [0.2, 0.25) is 0 Å². The zero-order chi connectivity index (χ0) is 17.2. The fraction of sp³-hybridized carbons (Fsp3) is 0.333. The molecule has 2 aromatic rings. The Morgan fingerprint density at radius 1 is 1.12 bits per heavy atom. The largest absolute Gasteiger partial charge is 0.372 e. The molecule has 0 amide bonds. The molecule has 0 unspecified atom stereocenters. The standard InChI is InChI=1S/C18H16N6O/c19-7-13-2-1-3-14(6-13)15-8-21-18(22-9-15)24-4-5-25-17-11-23(12-20)10-16(17)24/h1-3,6,8-9,16-17H,4-5,10-11H2/t16-,17+/m1/s1. The molecule has 2 fully saturated rings. The van der Waals surface area contributed by atoms with E-state index in [0.717, 1.165) is 11.1 Å². The predicted octanol–water partition coefficient (Wildman–Crippen LogP) is 1.39. The zero-order valence-electron chi connectivity index (χ0n) is 13.5. The van der Waals surface area contributed by atoms with Crippen LogP contribution in [-0.2, 0) is 4.74 Å². The number of hydrogen-bond acceptors (Lipinski definition) is 7. The molecule has 124 valence electrons. The van der Waals surface area contributed by atoms with E-state index in [1.807, 2.05) is 18.2 Å². The Kier molecular flexibility index (Phi) is 3.93. The average molecular weight is 332 g/mol. The van der Waals surface area contributed by atoms with Crippen LogP contribution < -0.4 is 4.90 Å². The Hall–Kier alpha value is -3.16. The molecule has 1 aromatic carbocycles. The molecule has 0 aliphatic carbocycles. The minimum absolute atomic E-state index is 0.0176. The maximum atomic E-state index is 9.12. The molecule has 1 aromatic heterocycles. The van der Waals surface area contributed by atoms with Gasteiger partial charge in [-0.25, -0.2) is 9.97 Å². The van der Waals surface area contributed by atoms with Crippen molar-refractivity contribution in [2.45, 2.75) is 12.1 Å². The minimum Gasteiger partial charge on any atom is -0.372 e. The molecule has 3 heterocycles. The van der Waals surface area contributed by atoms with Gasteiger partial charge in [-0.2, -0.15) is 10.5 Å². The summed E-state index contributed by atoms with van der Waals surface area (Å²) >= 11 is 0. The van der Waals surface area contributed by atoms with Crippen molar-refractivity contribution in [2.75, 3.05) is 31.1 Å². The van der Waals surface area contributed by atoms with E-state index in [9.17, 15) is 0 Å². The molecule has 0 radical (unpaired) electrons. The lowest BCUT2D eigenvalue weighted by molar-refractivity contribution is 0.0319. The number of rotatable bonds is 2. The number of anilines is 1. The van der Waals surface area contributed by atoms with Gasteiger partial charge in [0.15, 0.2) is 6.19 Å². The summed E-state index contributed by atoms with van der Waals surface area (Å²) in [6, 6.07) is 9.62. The third-order valence-electron chi connectivity index (χ3n) is 4.66. The molecule has 0 bridgehead atoms. The molecule has 0 saturated carbocycles. The Labute approximate surface area is 145 Å². The first-order valence-electron chi connectivity index (χ1n) is 8.14. The molecule has 2 atom stereocenters. The summed E-state index contributed by atoms with van der Waals surface area (Å²) in [6.07, 6.45) is 5.77. The summed E-state index contributed by atoms with van der Waals surface area (Å²) in [4.78, 5) is 12.9. The number of hydrogen-bond donors (Lipinski definition) is 0. The van der Waals surface area contributed by atoms with Gasteiger partial charge in [0.25, 0.3) is 0 Å². The summed E-state index contributed by atoms with van der Waals surface area (Å²) in [5.41, 5.74) is 2.40. The number of aromatic nitrogens is 2. The Bertz CT molecular complexity index is 853. The second kappa shape index (κ2) is 6.39. The lowest BCUT2D eigenvalue weighted by atomic mass is 10.1. The third-order valence-corrected chi connectivity index (χ3v) is 4.66. The van der Waals surface area contributed by atoms with Crippen LogP contribution in [0.5, 0.6) is 0 Å². The molecule has 0 N–H and O–H groups in total. The van der Waals surface area contributed by atoms with E-state index < -0.39 is 0 Å². The molecule has 7 heteroatoms. The van der Waals surface area contributed by atoms with Crippen LogP contribution in [-0.4, -0.2) is 53.3 Å². The van der Waals surface area contributed by atoms with E-state index in [1.54, 1.807) is 23.4 Å². The van der Waals surface area contributed by atoms with Gasteiger partial charge >= 0.3 is 0 Å². The van der Waals surface area contributed by atoms with Crippen molar-refractivity contribution in [3.63, 3.8) is 0 Å². The van der Waals surface area contributed by atoms with Gasteiger partial charge in [0, 0.05) is 24.5 Å². The molecule has 2 aliphatic rings. The van der Waals surface area contributed by atoms with Gasteiger partial charge in [-0.3, -0.25) is 0 Å². The molecule has 2 saturated heterocycles. The first kappa shape index (κ1) is 15.4. The second-order valence-electron chi connectivity index (χ2n) is 6.14. The van der Waals surface area contributed by atoms with Crippen molar-refractivity contribution < 1.29 is 4.74 Å². The normalized spacial score (nSPS) is 22.2. The lowest BCUT2D eigenvalue weighted by Gasteiger charge is -2.36. The fourth-order valence-corrected chi connectivity index (χ4v) is 3.40. The van der Waals surface area contributed by atoms with Gasteiger partial charge in [-0.15, -0.1) is 0 Å². The number of morpholine rings is 1. The van der Waals surface area contributed by atoms with Crippen molar-refractivity contribution in [3.8, 4) is 23.4 Å². The molecule has 7 nitrogen and oxygen atoms in total. The van der Waals surface area contributed by atoms with Gasteiger partial charge in [0.2, 0.25) is 5.95 Å². The summed E-state index contributed by atoms with van der Waals surface area (Å²) in [5.74, 6) is 0.651. The first-order valence-corrected chi connectivity index (χ1v) is 8.14. The van der Waals surface area contributed by atoms with Crippen LogP contribution in [0.1, 0.15) is 5.56 Å². The molecule has 4 rings (SSSR count). The van der Waals surface area contributed by atoms with E-state index in [0.29, 0.717) is 37.8 Å². The number of nitrogens with zero attached hydrogens (tertiary/aromatic N) is 6. The van der Waals surface area contributed by atoms with Crippen molar-refractivity contribution >= 4 is 5.95 Å². The van der Waals surface area contributed by atoms with E-state index in [4.69, 9.17) is 15.3 Å². The first-order chi connectivity index (χ1) is 12.3. The summed E-state index contributed by atoms with van der Waals surface area (Å²) in [6.45, 7) is 2.58. The summed E-state index contributed by atoms with van der Waals surface area (Å²) in [7, 11) is 0. The van der Waals surface area contributed by atoms with Crippen molar-refractivity contribution in [1.29, 1.82) is 10.5 Å². The molecular formula is C18H16N6O. The van der Waals surface area contributed by atoms with Gasteiger partial charge in [-0.05, 0) is 17.7 Å². The Morgan fingerprint density at radius 2 is 1.96 bits per heavy atom. The number of nitriles is 2. The maximum Gasteiger partial charge on any atom is 0.225 e. The van der Waals surface area contributed by atoms with Crippen LogP contribution >= 0.6 is 0 Å². The Morgan fingerprint density at radius 3 is 2.72 bits per heavy atom. The van der Waals surface area contributed by atoms with Gasteiger partial charge in [0.1, 0.15) is 0 Å². The lowest BCUT2D eigenvalue weighted by Crippen LogP contribution is -2.51. The summed E-state index contributed by atoms with van der Waals surface area (Å²) < 4.78 is 5.78. The van der Waals surface area contributed by atoms with E-state index in [-0.39, 0.29) is 12.1 Å². The fourth-order valence-electron chi connectivity index (χ4n) is 3.40. The molecule has 2 aliphatic heterocycles. The number of fused-ring (bicyclic) bond motifs is 1. The molecule has 0 spiro atoms. The van der Waals surface area contributed by atoms with Crippen molar-refractivity contribution in [1.82, 2.24) is 14.9 Å². The highest BCUT2D eigenvalue weighted by Crippen LogP contribution is 2.26. The summed E-state index contributed by atoms with van der Waals surface area (Å²) in [5, 5.41) is 18.1. The van der Waals surface area contributed by atoms with Crippen molar-refractivity contribution in [2.24, 2.45) is 0 Å². The van der Waals surface area contributed by atoms with Crippen LogP contribution in [0, 0.1) is 22.8 Å². The minimum atomic E-state index is 0.0176. The second-order valence-corrected chi connectivity index (χ2v) is 6.14. The van der Waals surface area contributed by atoms with Gasteiger partial charge in [-0.1, -0.05) is 12.1 Å². The average Bonchev–Trinajstić information content (AvgIpc) is 3.11. The highest BCUT2D eigenvalue weighted by molar-refractivity contribution is 5.64. The monoisotopic (exact) mass is 332 g/mol. The Balaban J connectivity index is 1.58. The molecule has 25 heavy (non-hydrogen) atoms. The van der Waals surface area contributed by atoms with Crippen LogP contribution in [0.25, 0.3) is 11.1 Å². The smallest absolute Gasteiger partial charge is 0.225 e. The van der Waals surface area contributed by atoms with Crippen LogP contribution in [0.4, 0.5) is 5.95 Å². The number of ether oxygens (including phenoxy) is 1. The highest BCUT2D eigenvalue weighted by Gasteiger charge is 2.41. The van der Waals surface area contributed by atoms with Crippen LogP contribution in [0.3, 0.4) is 0 Å². The van der Waals surface area contributed by atoms with E-state index in [2.05, 4.69) is 27.1 Å². The SMILES string of the molecule is N#Cc1cccc(-c2cnc(N3CCO[C@H]4CN(C#N)C[C@H]43)nc2)c1. The van der Waals surface area contributed by atoms with Gasteiger partial charge < -0.3 is 14.5 Å². The number of likely N-dealkylation sites (tertiary alicyclic amines) is 1. The van der Waals surface area contributed by atoms with E-state index >= 15 is 0 Å². The quantitative estimate of drug-likeness (QED) is 0.768. The predicted molar refractivity (Wildman–Crippen MR) is 90.2 cm³/mol. The topological polar surface area (TPSA) is 89.1 Å². The zero-order valence-corrected chi connectivity index (χ0v) is 13.5. The third kappa shape index (κ3) is 2.86. The maximum absolute atomic E-state index is 9.12. The van der Waals surface area contributed by atoms with Crippen molar-refractivity contribution in [3.05, 3.63) is 42.2 Å². The van der Waals surface area contributed by atoms with Crippen LogP contribution in [0.15, 0.2) is 36.7 Å².